The maximum atomic E-state index is 7.37. The molecule has 0 radical (unpaired) electrons. The Morgan fingerprint density at radius 2 is 1.06 bits per heavy atom. The highest BCUT2D eigenvalue weighted by Crippen LogP contribution is 2.61. The molecule has 1 aliphatic heterocycles. The zero-order chi connectivity index (χ0) is 34.1. The zero-order valence-electron chi connectivity index (χ0n) is 31.1. The molecule has 0 bridgehead atoms. The number of nitrogens with zero attached hydrogens (tertiary/aromatic N) is 1. The summed E-state index contributed by atoms with van der Waals surface area (Å²) in [5.41, 5.74) is 6.34. The second-order valence-corrected chi connectivity index (χ2v) is 17.4. The van der Waals surface area contributed by atoms with Gasteiger partial charge in [0.25, 0.3) is 0 Å². The van der Waals surface area contributed by atoms with Crippen LogP contribution in [0.3, 0.4) is 0 Å². The number of rotatable bonds is 7. The van der Waals surface area contributed by atoms with Crippen LogP contribution in [0, 0.1) is 47.3 Å². The van der Waals surface area contributed by atoms with E-state index in [0.717, 1.165) is 66.7 Å². The molecule has 51 heavy (non-hydrogen) atoms. The van der Waals surface area contributed by atoms with Crippen molar-refractivity contribution in [2.45, 2.75) is 115 Å². The van der Waals surface area contributed by atoms with Gasteiger partial charge >= 0.3 is 0 Å². The number of hydrogen-bond donors (Lipinski definition) is 0. The molecule has 0 amide bonds. The van der Waals surface area contributed by atoms with Crippen LogP contribution in [0.15, 0.2) is 90.9 Å². The van der Waals surface area contributed by atoms with Gasteiger partial charge in [0, 0.05) is 18.2 Å². The van der Waals surface area contributed by atoms with E-state index < -0.39 is 0 Å². The largest absolute Gasteiger partial charge is 0.491 e. The minimum atomic E-state index is 0.220. The lowest BCUT2D eigenvalue weighted by atomic mass is 9.47. The van der Waals surface area contributed by atoms with E-state index in [1.165, 1.54) is 118 Å². The van der Waals surface area contributed by atoms with E-state index in [-0.39, 0.29) is 12.2 Å². The molecule has 5 aliphatic carbocycles. The standard InChI is InChI=1S/C48H61NO2/c1-2-30-49(35-26-24-34(25-27-35)38-17-7-6-16-37(38)33-14-4-3-5-15-33)31-36-32-50-46-29-28-45-43-22-11-10-20-41(43)39-18-8-9-19-40(39)42-21-12-13-23-44(42)47(45)48(46)51-36/h3-7,14-17,24-27,32,39-48H,2,8-13,18-23,28-31H2,1H3. The third kappa shape index (κ3) is 6.54. The van der Waals surface area contributed by atoms with Crippen molar-refractivity contribution in [1.82, 2.24) is 0 Å². The van der Waals surface area contributed by atoms with Crippen molar-refractivity contribution < 1.29 is 9.47 Å². The average Bonchev–Trinajstić information content (AvgIpc) is 3.20. The SMILES string of the molecule is CCCN(CC1=COC2CCC3C4CCCCC4C4CCCCC4C4CCCCC4C3C2O1)c1ccc(-c2ccccc2-c2ccccc2)cc1. The van der Waals surface area contributed by atoms with Crippen LogP contribution in [0.25, 0.3) is 22.3 Å². The molecule has 0 aromatic heterocycles. The lowest BCUT2D eigenvalue weighted by Crippen LogP contribution is -2.57. The molecule has 3 nitrogen and oxygen atoms in total. The molecule has 1 heterocycles. The van der Waals surface area contributed by atoms with Crippen LogP contribution in [0.5, 0.6) is 0 Å². The van der Waals surface area contributed by atoms with Crippen LogP contribution in [0.4, 0.5) is 5.69 Å². The van der Waals surface area contributed by atoms with Gasteiger partial charge in [-0.25, -0.2) is 0 Å². The average molecular weight is 684 g/mol. The molecule has 3 aromatic carbocycles. The number of benzene rings is 3. The molecular weight excluding hydrogens is 623 g/mol. The van der Waals surface area contributed by atoms with Crippen LogP contribution in [-0.2, 0) is 9.47 Å². The minimum absolute atomic E-state index is 0.220. The molecule has 0 saturated heterocycles. The zero-order valence-corrected chi connectivity index (χ0v) is 31.1. The van der Waals surface area contributed by atoms with Gasteiger partial charge in [-0.2, -0.15) is 0 Å². The fourth-order valence-electron chi connectivity index (χ4n) is 12.9. The Kier molecular flexibility index (Phi) is 9.91. The number of hydrogen-bond acceptors (Lipinski definition) is 3. The summed E-state index contributed by atoms with van der Waals surface area (Å²) in [6.45, 7) is 4.07. The van der Waals surface area contributed by atoms with Crippen molar-refractivity contribution in [1.29, 1.82) is 0 Å². The lowest BCUT2D eigenvalue weighted by Gasteiger charge is -2.59. The Balaban J connectivity index is 0.975. The summed E-state index contributed by atoms with van der Waals surface area (Å²) in [4.78, 5) is 2.52. The maximum absolute atomic E-state index is 7.37. The van der Waals surface area contributed by atoms with Crippen LogP contribution in [0.1, 0.15) is 103 Å². The summed E-state index contributed by atoms with van der Waals surface area (Å²) in [6, 6.07) is 28.8. The molecule has 5 fully saturated rings. The second kappa shape index (κ2) is 15.0. The first-order valence-electron chi connectivity index (χ1n) is 21.3. The van der Waals surface area contributed by atoms with Crippen LogP contribution >= 0.6 is 0 Å². The molecule has 10 unspecified atom stereocenters. The summed E-state index contributed by atoms with van der Waals surface area (Å²) in [5, 5.41) is 0. The molecule has 6 aliphatic rings. The molecule has 0 spiro atoms. The van der Waals surface area contributed by atoms with Gasteiger partial charge in [0.15, 0.2) is 5.76 Å². The highest BCUT2D eigenvalue weighted by Gasteiger charge is 2.57. The van der Waals surface area contributed by atoms with Gasteiger partial charge in [0.1, 0.15) is 18.5 Å². The highest BCUT2D eigenvalue weighted by atomic mass is 16.6. The maximum Gasteiger partial charge on any atom is 0.150 e. The van der Waals surface area contributed by atoms with Crippen molar-refractivity contribution >= 4 is 5.69 Å². The first-order chi connectivity index (χ1) is 25.3. The predicted molar refractivity (Wildman–Crippen MR) is 210 cm³/mol. The van der Waals surface area contributed by atoms with Crippen molar-refractivity contribution in [3.8, 4) is 22.3 Å². The lowest BCUT2D eigenvalue weighted by molar-refractivity contribution is -0.172. The Hall–Kier alpha value is -3.20. The van der Waals surface area contributed by atoms with Gasteiger partial charge in [-0.15, -0.1) is 0 Å². The van der Waals surface area contributed by atoms with E-state index in [1.807, 2.05) is 6.26 Å². The first kappa shape index (κ1) is 33.6. The van der Waals surface area contributed by atoms with E-state index in [4.69, 9.17) is 9.47 Å². The van der Waals surface area contributed by atoms with Crippen LogP contribution < -0.4 is 4.90 Å². The molecule has 9 rings (SSSR count). The van der Waals surface area contributed by atoms with Gasteiger partial charge in [0.05, 0.1) is 6.54 Å². The van der Waals surface area contributed by atoms with Crippen LogP contribution in [-0.4, -0.2) is 25.3 Å². The monoisotopic (exact) mass is 683 g/mol. The fraction of sp³-hybridized carbons (Fsp3) is 0.583. The summed E-state index contributed by atoms with van der Waals surface area (Å²) < 4.78 is 14.1. The molecule has 0 N–H and O–H groups in total. The van der Waals surface area contributed by atoms with Gasteiger partial charge < -0.3 is 14.4 Å². The third-order valence-electron chi connectivity index (χ3n) is 14.9. The Morgan fingerprint density at radius 1 is 0.549 bits per heavy atom. The molecule has 270 valence electrons. The summed E-state index contributed by atoms with van der Waals surface area (Å²) in [7, 11) is 0. The first-order valence-corrected chi connectivity index (χ1v) is 21.3. The van der Waals surface area contributed by atoms with Crippen molar-refractivity contribution in [3.05, 3.63) is 90.9 Å². The predicted octanol–water partition coefficient (Wildman–Crippen LogP) is 12.3. The van der Waals surface area contributed by atoms with E-state index in [2.05, 4.69) is 90.7 Å². The van der Waals surface area contributed by atoms with Crippen molar-refractivity contribution in [2.24, 2.45) is 47.3 Å². The number of ether oxygens (including phenoxy) is 2. The molecule has 3 heteroatoms. The Labute approximate surface area is 308 Å². The minimum Gasteiger partial charge on any atom is -0.491 e. The summed E-state index contributed by atoms with van der Waals surface area (Å²) in [6.07, 6.45) is 23.8. The second-order valence-electron chi connectivity index (χ2n) is 17.4. The fourth-order valence-corrected chi connectivity index (χ4v) is 12.9. The molecular formula is C48H61NO2. The summed E-state index contributed by atoms with van der Waals surface area (Å²) in [5.74, 6) is 8.14. The van der Waals surface area contributed by atoms with E-state index in [9.17, 15) is 0 Å². The normalized spacial score (nSPS) is 34.3. The third-order valence-corrected chi connectivity index (χ3v) is 14.9. The number of fused-ring (bicyclic) bond motifs is 10. The van der Waals surface area contributed by atoms with Gasteiger partial charge in [-0.05, 0) is 134 Å². The van der Waals surface area contributed by atoms with Gasteiger partial charge in [0.2, 0.25) is 0 Å². The summed E-state index contributed by atoms with van der Waals surface area (Å²) >= 11 is 0. The van der Waals surface area contributed by atoms with Crippen molar-refractivity contribution in [2.75, 3.05) is 18.0 Å². The smallest absolute Gasteiger partial charge is 0.150 e. The molecule has 5 saturated carbocycles. The topological polar surface area (TPSA) is 21.7 Å². The Bertz CT molecular complexity index is 1610. The molecule has 3 aromatic rings. The Morgan fingerprint density at radius 3 is 1.65 bits per heavy atom. The molecule has 10 atom stereocenters. The van der Waals surface area contributed by atoms with Gasteiger partial charge in [-0.1, -0.05) is 112 Å². The number of anilines is 1. The van der Waals surface area contributed by atoms with Crippen molar-refractivity contribution in [3.63, 3.8) is 0 Å². The van der Waals surface area contributed by atoms with E-state index in [0.29, 0.717) is 5.92 Å². The van der Waals surface area contributed by atoms with Gasteiger partial charge in [-0.3, -0.25) is 0 Å². The van der Waals surface area contributed by atoms with Crippen LogP contribution in [0.2, 0.25) is 0 Å². The van der Waals surface area contributed by atoms with E-state index in [1.54, 1.807) is 0 Å². The van der Waals surface area contributed by atoms with E-state index >= 15 is 0 Å². The quantitative estimate of drug-likeness (QED) is 0.231. The highest BCUT2D eigenvalue weighted by molar-refractivity contribution is 5.83.